The molecule has 3 nitrogen and oxygen atoms in total. The summed E-state index contributed by atoms with van der Waals surface area (Å²) in [7, 11) is 1.44. The Morgan fingerprint density at radius 3 is 3.11 bits per heavy atom. The fourth-order valence-electron chi connectivity index (χ4n) is 2.91. The highest BCUT2D eigenvalue weighted by molar-refractivity contribution is 9.10. The third kappa shape index (κ3) is 2.29. The van der Waals surface area contributed by atoms with Crippen molar-refractivity contribution in [2.24, 2.45) is 0 Å². The fourth-order valence-corrected chi connectivity index (χ4v) is 3.41. The Morgan fingerprint density at radius 1 is 1.47 bits per heavy atom. The molecular weight excluding hydrogens is 306 g/mol. The van der Waals surface area contributed by atoms with Gasteiger partial charge < -0.3 is 9.30 Å². The van der Waals surface area contributed by atoms with Crippen molar-refractivity contribution in [1.82, 2.24) is 4.57 Å². The Bertz CT molecular complexity index is 645. The Morgan fingerprint density at radius 2 is 2.32 bits per heavy atom. The lowest BCUT2D eigenvalue weighted by molar-refractivity contribution is -0.140. The van der Waals surface area contributed by atoms with Crippen LogP contribution in [0.3, 0.4) is 0 Å². The van der Waals surface area contributed by atoms with Crippen LogP contribution in [0.4, 0.5) is 0 Å². The van der Waals surface area contributed by atoms with E-state index in [4.69, 9.17) is 4.74 Å². The Kier molecular flexibility index (Phi) is 3.35. The van der Waals surface area contributed by atoms with Crippen LogP contribution in [-0.2, 0) is 28.9 Å². The second-order valence-corrected chi connectivity index (χ2v) is 5.90. The van der Waals surface area contributed by atoms with Gasteiger partial charge in [0.2, 0.25) is 0 Å². The number of aryl methyl sites for hydroxylation is 3. The molecule has 0 aliphatic carbocycles. The zero-order valence-electron chi connectivity index (χ0n) is 10.9. The van der Waals surface area contributed by atoms with Crippen LogP contribution in [0, 0.1) is 0 Å². The Balaban J connectivity index is 2.04. The summed E-state index contributed by atoms with van der Waals surface area (Å²) in [4.78, 5) is 11.3. The van der Waals surface area contributed by atoms with Crippen LogP contribution < -0.4 is 0 Å². The SMILES string of the molecule is COC(=O)CCc1cn2c3c(cc(Br)cc13)CCC2. The van der Waals surface area contributed by atoms with Gasteiger partial charge in [0, 0.05) is 29.0 Å². The zero-order chi connectivity index (χ0) is 13.4. The van der Waals surface area contributed by atoms with Gasteiger partial charge in [0.1, 0.15) is 0 Å². The number of hydrogen-bond donors (Lipinski definition) is 0. The van der Waals surface area contributed by atoms with E-state index in [1.54, 1.807) is 0 Å². The van der Waals surface area contributed by atoms with Gasteiger partial charge in [-0.3, -0.25) is 4.79 Å². The molecule has 1 aromatic carbocycles. The van der Waals surface area contributed by atoms with Gasteiger partial charge in [0.25, 0.3) is 0 Å². The van der Waals surface area contributed by atoms with E-state index in [2.05, 4.69) is 38.8 Å². The molecule has 0 unspecified atom stereocenters. The molecule has 1 aliphatic rings. The van der Waals surface area contributed by atoms with E-state index in [1.165, 1.54) is 35.6 Å². The van der Waals surface area contributed by atoms with Crippen LogP contribution in [-0.4, -0.2) is 17.6 Å². The average Bonchev–Trinajstić information content (AvgIpc) is 2.75. The minimum absolute atomic E-state index is 0.147. The van der Waals surface area contributed by atoms with E-state index in [0.717, 1.165) is 23.9 Å². The molecule has 0 amide bonds. The quantitative estimate of drug-likeness (QED) is 0.811. The van der Waals surface area contributed by atoms with Crippen molar-refractivity contribution in [3.63, 3.8) is 0 Å². The van der Waals surface area contributed by atoms with Gasteiger partial charge in [-0.2, -0.15) is 0 Å². The van der Waals surface area contributed by atoms with E-state index in [9.17, 15) is 4.79 Å². The number of methoxy groups -OCH3 is 1. The molecule has 0 atom stereocenters. The summed E-state index contributed by atoms with van der Waals surface area (Å²) in [5.74, 6) is -0.147. The maximum atomic E-state index is 11.3. The summed E-state index contributed by atoms with van der Waals surface area (Å²) in [5, 5.41) is 1.27. The Labute approximate surface area is 120 Å². The van der Waals surface area contributed by atoms with Gasteiger partial charge in [0.05, 0.1) is 12.6 Å². The van der Waals surface area contributed by atoms with Gasteiger partial charge >= 0.3 is 5.97 Å². The molecule has 0 bridgehead atoms. The molecular formula is C15H16BrNO2. The highest BCUT2D eigenvalue weighted by Gasteiger charge is 2.17. The number of rotatable bonds is 3. The first-order valence-electron chi connectivity index (χ1n) is 6.56. The highest BCUT2D eigenvalue weighted by Crippen LogP contribution is 2.33. The molecule has 4 heteroatoms. The van der Waals surface area contributed by atoms with Gasteiger partial charge in [-0.05, 0) is 42.5 Å². The normalized spacial score (nSPS) is 13.8. The molecule has 100 valence electrons. The summed E-state index contributed by atoms with van der Waals surface area (Å²) in [5.41, 5.74) is 3.99. The zero-order valence-corrected chi connectivity index (χ0v) is 12.5. The lowest BCUT2D eigenvalue weighted by atomic mass is 10.0. The smallest absolute Gasteiger partial charge is 0.305 e. The third-order valence-electron chi connectivity index (χ3n) is 3.77. The van der Waals surface area contributed by atoms with Gasteiger partial charge in [0.15, 0.2) is 0 Å². The third-order valence-corrected chi connectivity index (χ3v) is 4.23. The van der Waals surface area contributed by atoms with Crippen molar-refractivity contribution < 1.29 is 9.53 Å². The van der Waals surface area contributed by atoms with Crippen LogP contribution in [0.2, 0.25) is 0 Å². The monoisotopic (exact) mass is 321 g/mol. The molecule has 0 saturated heterocycles. The lowest BCUT2D eigenvalue weighted by Gasteiger charge is -2.15. The molecule has 0 fully saturated rings. The standard InChI is InChI=1S/C15H16BrNO2/c1-19-14(18)5-4-11-9-17-6-2-3-10-7-12(16)8-13(11)15(10)17/h7-9H,2-6H2,1H3. The van der Waals surface area contributed by atoms with Gasteiger partial charge in [-0.25, -0.2) is 0 Å². The van der Waals surface area contributed by atoms with Crippen LogP contribution in [0.25, 0.3) is 10.9 Å². The topological polar surface area (TPSA) is 31.2 Å². The number of carbonyl (C=O) groups is 1. The Hall–Kier alpha value is -1.29. The molecule has 0 saturated carbocycles. The minimum atomic E-state index is -0.147. The summed E-state index contributed by atoms with van der Waals surface area (Å²) < 4.78 is 8.17. The number of carbonyl (C=O) groups excluding carboxylic acids is 1. The second kappa shape index (κ2) is 5.00. The first-order chi connectivity index (χ1) is 9.19. The predicted molar refractivity (Wildman–Crippen MR) is 78.3 cm³/mol. The first-order valence-corrected chi connectivity index (χ1v) is 7.35. The van der Waals surface area contributed by atoms with E-state index in [1.807, 2.05) is 0 Å². The maximum Gasteiger partial charge on any atom is 0.305 e. The molecule has 0 N–H and O–H groups in total. The fraction of sp³-hybridized carbons (Fsp3) is 0.400. The summed E-state index contributed by atoms with van der Waals surface area (Å²) in [6.45, 7) is 1.07. The highest BCUT2D eigenvalue weighted by atomic mass is 79.9. The molecule has 1 aliphatic heterocycles. The van der Waals surface area contributed by atoms with Crippen molar-refractivity contribution in [3.05, 3.63) is 33.9 Å². The summed E-state index contributed by atoms with van der Waals surface area (Å²) in [6.07, 6.45) is 5.70. The van der Waals surface area contributed by atoms with E-state index >= 15 is 0 Å². The number of aromatic nitrogens is 1. The van der Waals surface area contributed by atoms with Crippen molar-refractivity contribution in [2.75, 3.05) is 7.11 Å². The molecule has 0 spiro atoms. The van der Waals surface area contributed by atoms with Crippen molar-refractivity contribution in [3.8, 4) is 0 Å². The predicted octanol–water partition coefficient (Wildman–Crippen LogP) is 3.46. The number of halogens is 1. The molecule has 0 radical (unpaired) electrons. The summed E-state index contributed by atoms with van der Waals surface area (Å²) in [6, 6.07) is 4.37. The van der Waals surface area contributed by atoms with Crippen molar-refractivity contribution in [1.29, 1.82) is 0 Å². The van der Waals surface area contributed by atoms with Crippen LogP contribution in [0.5, 0.6) is 0 Å². The number of nitrogens with zero attached hydrogens (tertiary/aromatic N) is 1. The van der Waals surface area contributed by atoms with E-state index in [-0.39, 0.29) is 5.97 Å². The van der Waals surface area contributed by atoms with Crippen LogP contribution in [0.1, 0.15) is 24.0 Å². The second-order valence-electron chi connectivity index (χ2n) is 4.99. The number of ether oxygens (including phenoxy) is 1. The molecule has 2 aromatic rings. The van der Waals surface area contributed by atoms with E-state index in [0.29, 0.717) is 6.42 Å². The maximum absolute atomic E-state index is 11.3. The minimum Gasteiger partial charge on any atom is -0.469 e. The number of esters is 1. The average molecular weight is 322 g/mol. The van der Waals surface area contributed by atoms with Crippen molar-refractivity contribution >= 4 is 32.8 Å². The van der Waals surface area contributed by atoms with Gasteiger partial charge in [-0.15, -0.1) is 0 Å². The number of benzene rings is 1. The number of hydrogen-bond acceptors (Lipinski definition) is 2. The van der Waals surface area contributed by atoms with Crippen LogP contribution >= 0.6 is 15.9 Å². The summed E-state index contributed by atoms with van der Waals surface area (Å²) >= 11 is 3.58. The molecule has 2 heterocycles. The van der Waals surface area contributed by atoms with Crippen LogP contribution in [0.15, 0.2) is 22.8 Å². The van der Waals surface area contributed by atoms with Gasteiger partial charge in [-0.1, -0.05) is 15.9 Å². The first kappa shape index (κ1) is 12.7. The molecule has 19 heavy (non-hydrogen) atoms. The van der Waals surface area contributed by atoms with E-state index < -0.39 is 0 Å². The molecule has 1 aromatic heterocycles. The van der Waals surface area contributed by atoms with Crippen molar-refractivity contribution in [2.45, 2.75) is 32.2 Å². The largest absolute Gasteiger partial charge is 0.469 e. The molecule has 3 rings (SSSR count). The lowest BCUT2D eigenvalue weighted by Crippen LogP contribution is -2.06.